The molecule has 0 bridgehead atoms. The number of aryl methyl sites for hydroxylation is 1. The Hall–Kier alpha value is -3.38. The van der Waals surface area contributed by atoms with Gasteiger partial charge in [0.2, 0.25) is 5.89 Å². The Balaban J connectivity index is 1.75. The molecule has 146 valence electrons. The summed E-state index contributed by atoms with van der Waals surface area (Å²) in [6, 6.07) is 17.2. The zero-order chi connectivity index (χ0) is 20.4. The quantitative estimate of drug-likeness (QED) is 0.483. The van der Waals surface area contributed by atoms with Gasteiger partial charge < -0.3 is 9.52 Å². The fraction of sp³-hybridized carbons (Fsp3) is 0.136. The number of aliphatic carboxylic acids is 1. The summed E-state index contributed by atoms with van der Waals surface area (Å²) < 4.78 is 7.47. The van der Waals surface area contributed by atoms with Gasteiger partial charge in [-0.15, -0.1) is 0 Å². The molecular formula is C22H18ClN3O3. The second-order valence-corrected chi connectivity index (χ2v) is 7.02. The SMILES string of the molecule is Cc1nn(Cc2ccccc2)c(Cl)c1C=C(CC(=O)O)c1nc2ccccc2o1. The van der Waals surface area contributed by atoms with E-state index in [1.165, 1.54) is 0 Å². The summed E-state index contributed by atoms with van der Waals surface area (Å²) in [6.07, 6.45) is 1.46. The van der Waals surface area contributed by atoms with Crippen LogP contribution in [0.3, 0.4) is 0 Å². The summed E-state index contributed by atoms with van der Waals surface area (Å²) in [5, 5.41) is 14.3. The normalized spacial score (nSPS) is 11.9. The third kappa shape index (κ3) is 4.07. The van der Waals surface area contributed by atoms with Crippen LogP contribution in [0.5, 0.6) is 0 Å². The number of hydrogen-bond donors (Lipinski definition) is 1. The molecule has 6 nitrogen and oxygen atoms in total. The van der Waals surface area contributed by atoms with Crippen LogP contribution >= 0.6 is 11.6 Å². The Morgan fingerprint density at radius 2 is 1.90 bits per heavy atom. The van der Waals surface area contributed by atoms with Crippen molar-refractivity contribution in [3.63, 3.8) is 0 Å². The monoisotopic (exact) mass is 407 g/mol. The van der Waals surface area contributed by atoms with Crippen LogP contribution < -0.4 is 0 Å². The molecule has 0 aliphatic carbocycles. The molecule has 7 heteroatoms. The standard InChI is InChI=1S/C22H18ClN3O3/c1-14-17(21(23)26(25-14)13-15-7-3-2-4-8-15)11-16(12-20(27)28)22-24-18-9-5-6-10-19(18)29-22/h2-11H,12-13H2,1H3,(H,27,28). The number of carboxylic acid groups (broad SMARTS) is 1. The van der Waals surface area contributed by atoms with Gasteiger partial charge in [0.1, 0.15) is 10.7 Å². The van der Waals surface area contributed by atoms with Crippen molar-refractivity contribution in [1.29, 1.82) is 0 Å². The van der Waals surface area contributed by atoms with Crippen molar-refractivity contribution in [2.24, 2.45) is 0 Å². The van der Waals surface area contributed by atoms with E-state index in [-0.39, 0.29) is 12.3 Å². The van der Waals surface area contributed by atoms with E-state index in [4.69, 9.17) is 16.0 Å². The number of halogens is 1. The maximum atomic E-state index is 11.4. The maximum absolute atomic E-state index is 11.4. The predicted molar refractivity (Wildman–Crippen MR) is 112 cm³/mol. The van der Waals surface area contributed by atoms with Gasteiger partial charge in [-0.25, -0.2) is 9.67 Å². The summed E-state index contributed by atoms with van der Waals surface area (Å²) in [4.78, 5) is 15.9. The van der Waals surface area contributed by atoms with Gasteiger partial charge in [-0.05, 0) is 30.7 Å². The van der Waals surface area contributed by atoms with Crippen LogP contribution in [0.15, 0.2) is 59.0 Å². The molecule has 0 aliphatic rings. The van der Waals surface area contributed by atoms with E-state index in [0.717, 1.165) is 5.56 Å². The Bertz CT molecular complexity index is 1180. The predicted octanol–water partition coefficient (Wildman–Crippen LogP) is 5.05. The van der Waals surface area contributed by atoms with E-state index in [2.05, 4.69) is 10.1 Å². The number of nitrogens with zero attached hydrogens (tertiary/aromatic N) is 3. The molecule has 0 unspecified atom stereocenters. The van der Waals surface area contributed by atoms with Gasteiger partial charge in [0.05, 0.1) is 18.7 Å². The smallest absolute Gasteiger partial charge is 0.308 e. The fourth-order valence-electron chi connectivity index (χ4n) is 3.13. The first-order chi connectivity index (χ1) is 14.0. The molecule has 29 heavy (non-hydrogen) atoms. The highest BCUT2D eigenvalue weighted by Gasteiger charge is 2.18. The average Bonchev–Trinajstić information content (AvgIpc) is 3.24. The number of para-hydroxylation sites is 2. The van der Waals surface area contributed by atoms with Crippen molar-refractivity contribution in [3.05, 3.63) is 82.5 Å². The lowest BCUT2D eigenvalue weighted by Crippen LogP contribution is -2.01. The first-order valence-corrected chi connectivity index (χ1v) is 9.44. The molecule has 2 aromatic heterocycles. The van der Waals surface area contributed by atoms with Crippen molar-refractivity contribution in [1.82, 2.24) is 14.8 Å². The average molecular weight is 408 g/mol. The van der Waals surface area contributed by atoms with Crippen LogP contribution in [0, 0.1) is 6.92 Å². The number of aromatic nitrogens is 3. The van der Waals surface area contributed by atoms with Crippen LogP contribution in [0.4, 0.5) is 0 Å². The number of hydrogen-bond acceptors (Lipinski definition) is 4. The topological polar surface area (TPSA) is 81.2 Å². The number of fused-ring (bicyclic) bond motifs is 1. The molecule has 4 rings (SSSR count). The van der Waals surface area contributed by atoms with E-state index < -0.39 is 5.97 Å². The lowest BCUT2D eigenvalue weighted by molar-refractivity contribution is -0.135. The number of carbonyl (C=O) groups is 1. The molecule has 0 spiro atoms. The highest BCUT2D eigenvalue weighted by molar-refractivity contribution is 6.31. The van der Waals surface area contributed by atoms with Gasteiger partial charge in [-0.3, -0.25) is 4.79 Å². The van der Waals surface area contributed by atoms with Gasteiger partial charge >= 0.3 is 5.97 Å². The molecular weight excluding hydrogens is 390 g/mol. The summed E-state index contributed by atoms with van der Waals surface area (Å²) in [7, 11) is 0. The van der Waals surface area contributed by atoms with Gasteiger partial charge in [0.25, 0.3) is 0 Å². The molecule has 0 radical (unpaired) electrons. The second kappa shape index (κ2) is 7.93. The Morgan fingerprint density at radius 3 is 2.62 bits per heavy atom. The second-order valence-electron chi connectivity index (χ2n) is 6.66. The van der Waals surface area contributed by atoms with Crippen LogP contribution in [-0.2, 0) is 11.3 Å². The molecule has 0 atom stereocenters. The Labute approximate surface area is 172 Å². The number of oxazole rings is 1. The molecule has 2 heterocycles. The minimum Gasteiger partial charge on any atom is -0.481 e. The molecule has 0 aliphatic heterocycles. The number of rotatable bonds is 6. The van der Waals surface area contributed by atoms with Crippen molar-refractivity contribution < 1.29 is 14.3 Å². The van der Waals surface area contributed by atoms with Crippen LogP contribution in [0.25, 0.3) is 22.7 Å². The van der Waals surface area contributed by atoms with Crippen molar-refractivity contribution in [3.8, 4) is 0 Å². The maximum Gasteiger partial charge on any atom is 0.308 e. The van der Waals surface area contributed by atoms with E-state index in [1.807, 2.05) is 55.5 Å². The fourth-order valence-corrected chi connectivity index (χ4v) is 3.42. The van der Waals surface area contributed by atoms with Crippen molar-refractivity contribution in [2.45, 2.75) is 19.9 Å². The van der Waals surface area contributed by atoms with Crippen molar-refractivity contribution in [2.75, 3.05) is 0 Å². The third-order valence-electron chi connectivity index (χ3n) is 4.51. The molecule has 0 saturated heterocycles. The van der Waals surface area contributed by atoms with Gasteiger partial charge in [0.15, 0.2) is 5.58 Å². The van der Waals surface area contributed by atoms with Gasteiger partial charge in [-0.1, -0.05) is 54.1 Å². The molecule has 2 aromatic carbocycles. The minimum atomic E-state index is -0.982. The van der Waals surface area contributed by atoms with Crippen LogP contribution in [-0.4, -0.2) is 25.8 Å². The first kappa shape index (κ1) is 19.0. The summed E-state index contributed by atoms with van der Waals surface area (Å²) in [5.41, 5.74) is 4.11. The Morgan fingerprint density at radius 1 is 1.17 bits per heavy atom. The van der Waals surface area contributed by atoms with Gasteiger partial charge in [-0.2, -0.15) is 5.10 Å². The summed E-state index contributed by atoms with van der Waals surface area (Å²) >= 11 is 6.58. The van der Waals surface area contributed by atoms with E-state index in [0.29, 0.717) is 39.6 Å². The minimum absolute atomic E-state index is 0.244. The highest BCUT2D eigenvalue weighted by Crippen LogP contribution is 2.29. The molecule has 1 N–H and O–H groups in total. The van der Waals surface area contributed by atoms with Crippen LogP contribution in [0.2, 0.25) is 5.15 Å². The molecule has 0 saturated carbocycles. The summed E-state index contributed by atoms with van der Waals surface area (Å²) in [6.45, 7) is 2.36. The number of benzene rings is 2. The summed E-state index contributed by atoms with van der Waals surface area (Å²) in [5.74, 6) is -0.719. The van der Waals surface area contributed by atoms with E-state index in [9.17, 15) is 9.90 Å². The van der Waals surface area contributed by atoms with E-state index in [1.54, 1.807) is 16.8 Å². The Kier molecular flexibility index (Phi) is 5.18. The highest BCUT2D eigenvalue weighted by atomic mass is 35.5. The first-order valence-electron chi connectivity index (χ1n) is 9.06. The zero-order valence-electron chi connectivity index (χ0n) is 15.7. The molecule has 4 aromatic rings. The number of carboxylic acids is 1. The lowest BCUT2D eigenvalue weighted by Gasteiger charge is -2.04. The van der Waals surface area contributed by atoms with Crippen LogP contribution in [0.1, 0.15) is 29.1 Å². The van der Waals surface area contributed by atoms with Gasteiger partial charge in [0, 0.05) is 11.1 Å². The zero-order valence-corrected chi connectivity index (χ0v) is 16.4. The van der Waals surface area contributed by atoms with Crippen molar-refractivity contribution >= 4 is 40.3 Å². The molecule has 0 fully saturated rings. The molecule has 0 amide bonds. The largest absolute Gasteiger partial charge is 0.481 e. The lowest BCUT2D eigenvalue weighted by atomic mass is 10.1. The van der Waals surface area contributed by atoms with E-state index >= 15 is 0 Å². The third-order valence-corrected chi connectivity index (χ3v) is 4.91.